The van der Waals surface area contributed by atoms with Crippen LogP contribution in [-0.4, -0.2) is 29.1 Å². The second kappa shape index (κ2) is 9.23. The van der Waals surface area contributed by atoms with Crippen LogP contribution < -0.4 is 5.32 Å². The van der Waals surface area contributed by atoms with Gasteiger partial charge in [-0.3, -0.25) is 0 Å². The maximum absolute atomic E-state index is 4.80. The first kappa shape index (κ1) is 16.5. The Labute approximate surface area is 136 Å². The van der Waals surface area contributed by atoms with Gasteiger partial charge in [-0.1, -0.05) is 44.2 Å². The van der Waals surface area contributed by atoms with Gasteiger partial charge in [0.15, 0.2) is 0 Å². The van der Waals surface area contributed by atoms with Gasteiger partial charge in [-0.15, -0.1) is 11.3 Å². The molecule has 2 nitrogen and oxygen atoms in total. The second-order valence-corrected chi connectivity index (χ2v) is 7.12. The predicted molar refractivity (Wildman–Crippen MR) is 96.3 cm³/mol. The van der Waals surface area contributed by atoms with E-state index in [9.17, 15) is 0 Å². The molecule has 0 saturated heterocycles. The SMILES string of the molecule is CCCSCC(Cc1nc(-c2ccccc2)cs1)NCC. The molecule has 1 unspecified atom stereocenters. The lowest BCUT2D eigenvalue weighted by atomic mass is 10.2. The van der Waals surface area contributed by atoms with E-state index in [4.69, 9.17) is 4.98 Å². The van der Waals surface area contributed by atoms with E-state index in [2.05, 4.69) is 48.8 Å². The minimum atomic E-state index is 0.529. The molecule has 1 heterocycles. The molecule has 1 atom stereocenters. The fourth-order valence-electron chi connectivity index (χ4n) is 2.21. The zero-order valence-corrected chi connectivity index (χ0v) is 14.5. The van der Waals surface area contributed by atoms with Gasteiger partial charge >= 0.3 is 0 Å². The smallest absolute Gasteiger partial charge is 0.0948 e. The van der Waals surface area contributed by atoms with Crippen molar-refractivity contribution in [2.75, 3.05) is 18.1 Å². The molecule has 0 aliphatic carbocycles. The number of thioether (sulfide) groups is 1. The van der Waals surface area contributed by atoms with Gasteiger partial charge < -0.3 is 5.32 Å². The molecule has 4 heteroatoms. The van der Waals surface area contributed by atoms with E-state index in [0.29, 0.717) is 6.04 Å². The van der Waals surface area contributed by atoms with Gasteiger partial charge in [-0.05, 0) is 18.7 Å². The molecule has 0 radical (unpaired) electrons. The molecule has 0 amide bonds. The molecule has 0 aliphatic heterocycles. The van der Waals surface area contributed by atoms with Crippen molar-refractivity contribution in [3.63, 3.8) is 0 Å². The minimum Gasteiger partial charge on any atom is -0.313 e. The molecule has 0 spiro atoms. The number of nitrogens with zero attached hydrogens (tertiary/aromatic N) is 1. The van der Waals surface area contributed by atoms with Crippen LogP contribution in [0, 0.1) is 0 Å². The van der Waals surface area contributed by atoms with Crippen LogP contribution in [-0.2, 0) is 6.42 Å². The van der Waals surface area contributed by atoms with Gasteiger partial charge in [0.2, 0.25) is 0 Å². The van der Waals surface area contributed by atoms with Crippen molar-refractivity contribution in [1.29, 1.82) is 0 Å². The van der Waals surface area contributed by atoms with E-state index in [1.807, 2.05) is 17.8 Å². The summed E-state index contributed by atoms with van der Waals surface area (Å²) in [6.07, 6.45) is 2.28. The van der Waals surface area contributed by atoms with Gasteiger partial charge in [0.25, 0.3) is 0 Å². The molecule has 2 aromatic rings. The highest BCUT2D eigenvalue weighted by molar-refractivity contribution is 7.99. The second-order valence-electron chi connectivity index (χ2n) is 5.03. The summed E-state index contributed by atoms with van der Waals surface area (Å²) in [4.78, 5) is 4.80. The van der Waals surface area contributed by atoms with Crippen LogP contribution in [0.25, 0.3) is 11.3 Å². The van der Waals surface area contributed by atoms with Crippen LogP contribution in [0.4, 0.5) is 0 Å². The predicted octanol–water partition coefficient (Wildman–Crippen LogP) is 4.47. The van der Waals surface area contributed by atoms with E-state index in [0.717, 1.165) is 18.7 Å². The first-order valence-electron chi connectivity index (χ1n) is 7.64. The number of hydrogen-bond acceptors (Lipinski definition) is 4. The van der Waals surface area contributed by atoms with E-state index in [1.54, 1.807) is 11.3 Å². The summed E-state index contributed by atoms with van der Waals surface area (Å²) in [6, 6.07) is 11.0. The van der Waals surface area contributed by atoms with Crippen LogP contribution in [0.1, 0.15) is 25.3 Å². The number of benzene rings is 1. The first-order valence-corrected chi connectivity index (χ1v) is 9.67. The number of hydrogen-bond donors (Lipinski definition) is 1. The molecule has 21 heavy (non-hydrogen) atoms. The number of aromatic nitrogens is 1. The first-order chi connectivity index (χ1) is 10.3. The fraction of sp³-hybridized carbons (Fsp3) is 0.471. The van der Waals surface area contributed by atoms with Gasteiger partial charge in [-0.2, -0.15) is 11.8 Å². The zero-order valence-electron chi connectivity index (χ0n) is 12.8. The average molecular weight is 321 g/mol. The van der Waals surface area contributed by atoms with Crippen molar-refractivity contribution in [3.05, 3.63) is 40.7 Å². The normalized spacial score (nSPS) is 12.5. The average Bonchev–Trinajstić information content (AvgIpc) is 2.97. The third kappa shape index (κ3) is 5.46. The summed E-state index contributed by atoms with van der Waals surface area (Å²) < 4.78 is 0. The van der Waals surface area contributed by atoms with E-state index >= 15 is 0 Å². The highest BCUT2D eigenvalue weighted by Crippen LogP contribution is 2.22. The third-order valence-electron chi connectivity index (χ3n) is 3.20. The molecule has 114 valence electrons. The van der Waals surface area contributed by atoms with Gasteiger partial charge in [-0.25, -0.2) is 4.98 Å². The van der Waals surface area contributed by atoms with Crippen molar-refractivity contribution in [1.82, 2.24) is 10.3 Å². The summed E-state index contributed by atoms with van der Waals surface area (Å²) >= 11 is 3.82. The van der Waals surface area contributed by atoms with E-state index < -0.39 is 0 Å². The Morgan fingerprint density at radius 2 is 2.05 bits per heavy atom. The van der Waals surface area contributed by atoms with Crippen LogP contribution in [0.5, 0.6) is 0 Å². The zero-order chi connectivity index (χ0) is 14.9. The fourth-order valence-corrected chi connectivity index (χ4v) is 4.07. The highest BCUT2D eigenvalue weighted by atomic mass is 32.2. The van der Waals surface area contributed by atoms with Crippen LogP contribution in [0.2, 0.25) is 0 Å². The van der Waals surface area contributed by atoms with Gasteiger partial charge in [0.05, 0.1) is 10.7 Å². The minimum absolute atomic E-state index is 0.529. The lowest BCUT2D eigenvalue weighted by Crippen LogP contribution is -2.33. The molecule has 1 N–H and O–H groups in total. The summed E-state index contributed by atoms with van der Waals surface area (Å²) in [5, 5.41) is 6.99. The van der Waals surface area contributed by atoms with Crippen molar-refractivity contribution >= 4 is 23.1 Å². The van der Waals surface area contributed by atoms with E-state index in [-0.39, 0.29) is 0 Å². The van der Waals surface area contributed by atoms with Crippen molar-refractivity contribution < 1.29 is 0 Å². The largest absolute Gasteiger partial charge is 0.313 e. The lowest BCUT2D eigenvalue weighted by Gasteiger charge is -2.15. The third-order valence-corrected chi connectivity index (χ3v) is 5.41. The molecular weight excluding hydrogens is 296 g/mol. The number of likely N-dealkylation sites (N-methyl/N-ethyl adjacent to an activating group) is 1. The number of thiazole rings is 1. The molecule has 1 aromatic heterocycles. The van der Waals surface area contributed by atoms with Gasteiger partial charge in [0.1, 0.15) is 0 Å². The molecule has 0 saturated carbocycles. The molecule has 1 aromatic carbocycles. The van der Waals surface area contributed by atoms with Crippen LogP contribution in [0.15, 0.2) is 35.7 Å². The molecule has 0 aliphatic rings. The Morgan fingerprint density at radius 1 is 1.24 bits per heavy atom. The van der Waals surface area contributed by atoms with Crippen molar-refractivity contribution in [2.45, 2.75) is 32.7 Å². The summed E-state index contributed by atoms with van der Waals surface area (Å²) in [5.74, 6) is 2.41. The standard InChI is InChI=1S/C17H24N2S2/c1-3-10-20-12-15(18-4-2)11-17-19-16(13-21-17)14-8-6-5-7-9-14/h5-9,13,15,18H,3-4,10-12H2,1-2H3. The summed E-state index contributed by atoms with van der Waals surface area (Å²) in [6.45, 7) is 5.44. The summed E-state index contributed by atoms with van der Waals surface area (Å²) in [7, 11) is 0. The highest BCUT2D eigenvalue weighted by Gasteiger charge is 2.12. The monoisotopic (exact) mass is 320 g/mol. The number of rotatable bonds is 9. The Hall–Kier alpha value is -0.840. The molecule has 0 bridgehead atoms. The lowest BCUT2D eigenvalue weighted by molar-refractivity contribution is 0.571. The topological polar surface area (TPSA) is 24.9 Å². The Balaban J connectivity index is 1.96. The molecular formula is C17H24N2S2. The Morgan fingerprint density at radius 3 is 2.76 bits per heavy atom. The number of nitrogens with one attached hydrogen (secondary N) is 1. The summed E-state index contributed by atoms with van der Waals surface area (Å²) in [5.41, 5.74) is 2.31. The Bertz CT molecular complexity index is 511. The van der Waals surface area contributed by atoms with Crippen molar-refractivity contribution in [2.24, 2.45) is 0 Å². The maximum Gasteiger partial charge on any atom is 0.0948 e. The molecule has 2 rings (SSSR count). The van der Waals surface area contributed by atoms with Gasteiger partial charge in [0, 0.05) is 29.2 Å². The molecule has 0 fully saturated rings. The Kier molecular flexibility index (Phi) is 7.27. The van der Waals surface area contributed by atoms with E-state index in [1.165, 1.54) is 28.5 Å². The quantitative estimate of drug-likeness (QED) is 0.690. The maximum atomic E-state index is 4.80. The van der Waals surface area contributed by atoms with Crippen LogP contribution >= 0.6 is 23.1 Å². The van der Waals surface area contributed by atoms with Crippen LogP contribution in [0.3, 0.4) is 0 Å². The van der Waals surface area contributed by atoms with Crippen molar-refractivity contribution in [3.8, 4) is 11.3 Å².